The van der Waals surface area contributed by atoms with E-state index in [1.165, 1.54) is 0 Å². The Balaban J connectivity index is 0.00000289. The molecular formula is C13H22ClN3O. The van der Waals surface area contributed by atoms with E-state index in [-0.39, 0.29) is 23.7 Å². The Bertz CT molecular complexity index is 368. The van der Waals surface area contributed by atoms with Crippen LogP contribution in [0.2, 0.25) is 0 Å². The van der Waals surface area contributed by atoms with E-state index >= 15 is 0 Å². The minimum Gasteiger partial charge on any atom is -0.345 e. The molecule has 2 N–H and O–H groups in total. The van der Waals surface area contributed by atoms with E-state index in [0.717, 1.165) is 5.56 Å². The molecule has 0 fully saturated rings. The van der Waals surface area contributed by atoms with Gasteiger partial charge in [0.2, 0.25) is 5.91 Å². The summed E-state index contributed by atoms with van der Waals surface area (Å²) < 4.78 is 0. The van der Waals surface area contributed by atoms with Crippen LogP contribution in [0, 0.1) is 5.41 Å². The molecule has 0 aliphatic rings. The van der Waals surface area contributed by atoms with Gasteiger partial charge in [0.1, 0.15) is 0 Å². The van der Waals surface area contributed by atoms with Gasteiger partial charge in [0.15, 0.2) is 0 Å². The van der Waals surface area contributed by atoms with Crippen LogP contribution < -0.4 is 5.73 Å². The lowest BCUT2D eigenvalue weighted by Crippen LogP contribution is -2.40. The summed E-state index contributed by atoms with van der Waals surface area (Å²) in [6.07, 6.45) is 3.82. The highest BCUT2D eigenvalue weighted by molar-refractivity contribution is 5.85. The van der Waals surface area contributed by atoms with Gasteiger partial charge in [-0.05, 0) is 23.6 Å². The highest BCUT2D eigenvalue weighted by atomic mass is 35.5. The molecule has 0 saturated carbocycles. The minimum absolute atomic E-state index is 0. The van der Waals surface area contributed by atoms with Crippen LogP contribution in [0.5, 0.6) is 0 Å². The second-order valence-electron chi connectivity index (χ2n) is 5.16. The van der Waals surface area contributed by atoms with Crippen molar-refractivity contribution < 1.29 is 4.79 Å². The number of pyridine rings is 1. The third-order valence-corrected chi connectivity index (χ3v) is 2.72. The summed E-state index contributed by atoms with van der Waals surface area (Å²) in [5.41, 5.74) is 6.56. The maximum Gasteiger partial charge on any atom is 0.226 e. The first-order chi connectivity index (χ1) is 7.94. The van der Waals surface area contributed by atoms with E-state index in [1.807, 2.05) is 19.2 Å². The molecule has 0 atom stereocenters. The number of carbonyl (C=O) groups is 1. The lowest BCUT2D eigenvalue weighted by Gasteiger charge is -2.29. The van der Waals surface area contributed by atoms with Gasteiger partial charge in [0, 0.05) is 26.0 Å². The number of hydrogen-bond donors (Lipinski definition) is 1. The standard InChI is InChI=1S/C13H21N3O.ClH/c1-13(2,9-14)10-16(3)12(17)7-11-5-4-6-15-8-11;/h4-6,8H,7,9-10,14H2,1-3H3;1H. The van der Waals surface area contributed by atoms with Gasteiger partial charge in [-0.1, -0.05) is 19.9 Å². The number of nitrogens with zero attached hydrogens (tertiary/aromatic N) is 2. The fourth-order valence-electron chi connectivity index (χ4n) is 1.61. The first-order valence-electron chi connectivity index (χ1n) is 5.77. The number of likely N-dealkylation sites (N-methyl/N-ethyl adjacent to an activating group) is 1. The fourth-order valence-corrected chi connectivity index (χ4v) is 1.61. The second-order valence-corrected chi connectivity index (χ2v) is 5.16. The maximum absolute atomic E-state index is 12.0. The molecule has 0 aliphatic carbocycles. The van der Waals surface area contributed by atoms with Crippen LogP contribution in [0.25, 0.3) is 0 Å². The molecule has 1 amide bonds. The van der Waals surface area contributed by atoms with E-state index in [1.54, 1.807) is 17.3 Å². The Hall–Kier alpha value is -1.13. The predicted octanol–water partition coefficient (Wildman–Crippen LogP) is 1.49. The van der Waals surface area contributed by atoms with Crippen LogP contribution in [-0.2, 0) is 11.2 Å². The first-order valence-corrected chi connectivity index (χ1v) is 5.77. The molecular weight excluding hydrogens is 250 g/mol. The molecule has 0 aliphatic heterocycles. The van der Waals surface area contributed by atoms with E-state index in [4.69, 9.17) is 5.73 Å². The zero-order valence-electron chi connectivity index (χ0n) is 11.2. The third kappa shape index (κ3) is 5.47. The van der Waals surface area contributed by atoms with Crippen molar-refractivity contribution in [2.24, 2.45) is 11.1 Å². The van der Waals surface area contributed by atoms with Gasteiger partial charge in [-0.3, -0.25) is 9.78 Å². The lowest BCUT2D eigenvalue weighted by molar-refractivity contribution is -0.130. The summed E-state index contributed by atoms with van der Waals surface area (Å²) >= 11 is 0. The highest BCUT2D eigenvalue weighted by Crippen LogP contribution is 2.14. The van der Waals surface area contributed by atoms with Crippen molar-refractivity contribution in [2.75, 3.05) is 20.1 Å². The quantitative estimate of drug-likeness (QED) is 0.883. The molecule has 0 bridgehead atoms. The van der Waals surface area contributed by atoms with E-state index in [0.29, 0.717) is 19.5 Å². The summed E-state index contributed by atoms with van der Waals surface area (Å²) in [6.45, 7) is 5.35. The molecule has 102 valence electrons. The zero-order chi connectivity index (χ0) is 12.9. The monoisotopic (exact) mass is 271 g/mol. The van der Waals surface area contributed by atoms with Gasteiger partial charge in [0.25, 0.3) is 0 Å². The zero-order valence-corrected chi connectivity index (χ0v) is 12.0. The number of aromatic nitrogens is 1. The maximum atomic E-state index is 12.0. The van der Waals surface area contributed by atoms with E-state index in [9.17, 15) is 4.79 Å². The number of amides is 1. The third-order valence-electron chi connectivity index (χ3n) is 2.72. The van der Waals surface area contributed by atoms with Gasteiger partial charge < -0.3 is 10.6 Å². The largest absolute Gasteiger partial charge is 0.345 e. The van der Waals surface area contributed by atoms with Gasteiger partial charge in [-0.15, -0.1) is 12.4 Å². The minimum atomic E-state index is -0.0423. The van der Waals surface area contributed by atoms with Gasteiger partial charge >= 0.3 is 0 Å². The Labute approximate surface area is 115 Å². The smallest absolute Gasteiger partial charge is 0.226 e. The highest BCUT2D eigenvalue weighted by Gasteiger charge is 2.21. The molecule has 0 spiro atoms. The molecule has 1 rings (SSSR count). The number of rotatable bonds is 5. The number of carbonyl (C=O) groups excluding carboxylic acids is 1. The predicted molar refractivity (Wildman–Crippen MR) is 75.7 cm³/mol. The molecule has 1 aromatic heterocycles. The molecule has 0 saturated heterocycles. The van der Waals surface area contributed by atoms with Crippen molar-refractivity contribution >= 4 is 18.3 Å². The van der Waals surface area contributed by atoms with Gasteiger partial charge in [-0.25, -0.2) is 0 Å². The van der Waals surface area contributed by atoms with Crippen molar-refractivity contribution in [3.8, 4) is 0 Å². The van der Waals surface area contributed by atoms with Crippen LogP contribution in [0.3, 0.4) is 0 Å². The van der Waals surface area contributed by atoms with Gasteiger partial charge in [0.05, 0.1) is 6.42 Å². The van der Waals surface area contributed by atoms with Crippen LogP contribution in [0.4, 0.5) is 0 Å². The second kappa shape index (κ2) is 7.34. The van der Waals surface area contributed by atoms with Crippen molar-refractivity contribution in [3.05, 3.63) is 30.1 Å². The molecule has 18 heavy (non-hydrogen) atoms. The Morgan fingerprint density at radius 2 is 2.17 bits per heavy atom. The SMILES string of the molecule is CN(CC(C)(C)CN)C(=O)Cc1cccnc1.Cl. The van der Waals surface area contributed by atoms with Crippen molar-refractivity contribution in [1.29, 1.82) is 0 Å². The van der Waals surface area contributed by atoms with E-state index < -0.39 is 0 Å². The first kappa shape index (κ1) is 16.9. The van der Waals surface area contributed by atoms with Crippen molar-refractivity contribution in [3.63, 3.8) is 0 Å². The lowest BCUT2D eigenvalue weighted by atomic mass is 9.93. The number of hydrogen-bond acceptors (Lipinski definition) is 3. The molecule has 5 heteroatoms. The summed E-state index contributed by atoms with van der Waals surface area (Å²) in [5.74, 6) is 0.0968. The molecule has 1 heterocycles. The van der Waals surface area contributed by atoms with Gasteiger partial charge in [-0.2, -0.15) is 0 Å². The molecule has 4 nitrogen and oxygen atoms in total. The Kier molecular flexibility index (Phi) is 6.88. The van der Waals surface area contributed by atoms with Crippen molar-refractivity contribution in [2.45, 2.75) is 20.3 Å². The van der Waals surface area contributed by atoms with Crippen LogP contribution in [0.1, 0.15) is 19.4 Å². The van der Waals surface area contributed by atoms with Crippen LogP contribution in [-0.4, -0.2) is 35.9 Å². The summed E-state index contributed by atoms with van der Waals surface area (Å²) in [7, 11) is 1.82. The fraction of sp³-hybridized carbons (Fsp3) is 0.538. The number of halogens is 1. The number of nitrogens with two attached hydrogens (primary N) is 1. The average molecular weight is 272 g/mol. The van der Waals surface area contributed by atoms with Crippen LogP contribution >= 0.6 is 12.4 Å². The Morgan fingerprint density at radius 3 is 2.67 bits per heavy atom. The van der Waals surface area contributed by atoms with Crippen LogP contribution in [0.15, 0.2) is 24.5 Å². The molecule has 1 aromatic rings. The van der Waals surface area contributed by atoms with Crippen molar-refractivity contribution in [1.82, 2.24) is 9.88 Å². The molecule has 0 unspecified atom stereocenters. The molecule has 0 aromatic carbocycles. The summed E-state index contributed by atoms with van der Waals surface area (Å²) in [4.78, 5) is 17.7. The summed E-state index contributed by atoms with van der Waals surface area (Å²) in [5, 5.41) is 0. The normalized spacial score (nSPS) is 10.7. The molecule has 0 radical (unpaired) electrons. The van der Waals surface area contributed by atoms with E-state index in [2.05, 4.69) is 18.8 Å². The Morgan fingerprint density at radius 1 is 1.50 bits per heavy atom. The topological polar surface area (TPSA) is 59.2 Å². The average Bonchev–Trinajstić information content (AvgIpc) is 2.30. The summed E-state index contributed by atoms with van der Waals surface area (Å²) in [6, 6.07) is 3.75.